The van der Waals surface area contributed by atoms with E-state index in [1.807, 2.05) is 0 Å². The average molecular weight is 449 g/mol. The summed E-state index contributed by atoms with van der Waals surface area (Å²) in [4.78, 5) is 5.37. The van der Waals surface area contributed by atoms with Crippen molar-refractivity contribution >= 4 is 0 Å². The van der Waals surface area contributed by atoms with E-state index >= 15 is 0 Å². The van der Waals surface area contributed by atoms with Gasteiger partial charge in [0.25, 0.3) is 0 Å². The highest BCUT2D eigenvalue weighted by molar-refractivity contribution is 4.97. The van der Waals surface area contributed by atoms with Gasteiger partial charge in [-0.15, -0.1) is 0 Å². The Morgan fingerprint density at radius 3 is 1.09 bits per heavy atom. The second kappa shape index (κ2) is 22.1. The van der Waals surface area contributed by atoms with Crippen LogP contribution in [0.15, 0.2) is 12.4 Å². The van der Waals surface area contributed by atoms with Crippen LogP contribution in [0.1, 0.15) is 162 Å². The van der Waals surface area contributed by atoms with E-state index in [0.29, 0.717) is 6.17 Å². The SMILES string of the molecule is CCCCCCCCCC1N(CCCCCCCCC)C=CN1CCCCCCCCC. The number of hydrogen-bond acceptors (Lipinski definition) is 2. The van der Waals surface area contributed by atoms with Crippen molar-refractivity contribution in [2.24, 2.45) is 0 Å². The Labute approximate surface area is 203 Å². The van der Waals surface area contributed by atoms with Crippen molar-refractivity contribution in [1.82, 2.24) is 9.80 Å². The maximum atomic E-state index is 2.68. The lowest BCUT2D eigenvalue weighted by molar-refractivity contribution is 0.135. The summed E-state index contributed by atoms with van der Waals surface area (Å²) in [7, 11) is 0. The zero-order valence-electron chi connectivity index (χ0n) is 22.6. The van der Waals surface area contributed by atoms with Gasteiger partial charge >= 0.3 is 0 Å². The summed E-state index contributed by atoms with van der Waals surface area (Å²) < 4.78 is 0. The highest BCUT2D eigenvalue weighted by Crippen LogP contribution is 2.24. The molecule has 0 aliphatic carbocycles. The quantitative estimate of drug-likeness (QED) is 0.135. The van der Waals surface area contributed by atoms with Crippen molar-refractivity contribution in [3.8, 4) is 0 Å². The topological polar surface area (TPSA) is 6.48 Å². The highest BCUT2D eigenvalue weighted by atomic mass is 15.4. The predicted molar refractivity (Wildman–Crippen MR) is 145 cm³/mol. The summed E-state index contributed by atoms with van der Waals surface area (Å²) in [5, 5.41) is 0. The van der Waals surface area contributed by atoms with Crippen LogP contribution in [0, 0.1) is 0 Å². The molecule has 0 aromatic heterocycles. The standard InChI is InChI=1S/C30H60N2/c1-4-7-10-13-16-19-22-25-30-31(26-23-20-17-14-11-8-5-2)28-29-32(30)27-24-21-18-15-12-9-6-3/h28-30H,4-27H2,1-3H3. The first kappa shape index (κ1) is 29.4. The van der Waals surface area contributed by atoms with E-state index in [0.717, 1.165) is 0 Å². The average Bonchev–Trinajstić information content (AvgIpc) is 3.18. The number of hydrogen-bond donors (Lipinski definition) is 0. The molecule has 1 rings (SSSR count). The van der Waals surface area contributed by atoms with Crippen LogP contribution in [0.2, 0.25) is 0 Å². The van der Waals surface area contributed by atoms with Gasteiger partial charge in [-0.25, -0.2) is 0 Å². The number of rotatable bonds is 24. The lowest BCUT2D eigenvalue weighted by atomic mass is 10.1. The fraction of sp³-hybridized carbons (Fsp3) is 0.933. The van der Waals surface area contributed by atoms with E-state index in [9.17, 15) is 0 Å². The van der Waals surface area contributed by atoms with Crippen LogP contribution in [0.4, 0.5) is 0 Å². The Kier molecular flexibility index (Phi) is 20.3. The van der Waals surface area contributed by atoms with E-state index in [4.69, 9.17) is 0 Å². The molecular formula is C30H60N2. The molecule has 0 unspecified atom stereocenters. The minimum Gasteiger partial charge on any atom is -0.356 e. The van der Waals surface area contributed by atoms with E-state index in [1.54, 1.807) is 0 Å². The summed E-state index contributed by atoms with van der Waals surface area (Å²) in [5.74, 6) is 0. The molecule has 0 amide bonds. The molecule has 0 saturated heterocycles. The molecule has 0 spiro atoms. The smallest absolute Gasteiger partial charge is 0.101 e. The molecule has 1 aliphatic rings. The van der Waals surface area contributed by atoms with Gasteiger partial charge in [0.15, 0.2) is 0 Å². The first-order valence-corrected chi connectivity index (χ1v) is 15.0. The lowest BCUT2D eigenvalue weighted by Crippen LogP contribution is -2.39. The van der Waals surface area contributed by atoms with Gasteiger partial charge in [-0.1, -0.05) is 136 Å². The Morgan fingerprint density at radius 2 is 0.719 bits per heavy atom. The molecule has 190 valence electrons. The molecule has 0 aromatic carbocycles. The number of unbranched alkanes of at least 4 members (excludes halogenated alkanes) is 18. The molecule has 1 heterocycles. The highest BCUT2D eigenvalue weighted by Gasteiger charge is 2.24. The van der Waals surface area contributed by atoms with Gasteiger partial charge in [-0.2, -0.15) is 0 Å². The Hall–Kier alpha value is -0.660. The molecular weight excluding hydrogens is 388 g/mol. The molecule has 0 saturated carbocycles. The Bertz CT molecular complexity index is 378. The summed E-state index contributed by atoms with van der Waals surface area (Å²) in [6.45, 7) is 9.46. The third-order valence-corrected chi connectivity index (χ3v) is 7.32. The van der Waals surface area contributed by atoms with Crippen molar-refractivity contribution in [3.63, 3.8) is 0 Å². The van der Waals surface area contributed by atoms with Crippen molar-refractivity contribution in [1.29, 1.82) is 0 Å². The Morgan fingerprint density at radius 1 is 0.406 bits per heavy atom. The van der Waals surface area contributed by atoms with Crippen molar-refractivity contribution < 1.29 is 0 Å². The van der Waals surface area contributed by atoms with Gasteiger partial charge in [-0.3, -0.25) is 0 Å². The van der Waals surface area contributed by atoms with E-state index in [1.165, 1.54) is 154 Å². The van der Waals surface area contributed by atoms with Crippen molar-refractivity contribution in [2.75, 3.05) is 13.1 Å². The first-order valence-electron chi connectivity index (χ1n) is 15.0. The van der Waals surface area contributed by atoms with Crippen LogP contribution in [0.25, 0.3) is 0 Å². The Balaban J connectivity index is 2.29. The van der Waals surface area contributed by atoms with Crippen molar-refractivity contribution in [3.05, 3.63) is 12.4 Å². The van der Waals surface area contributed by atoms with Crippen LogP contribution < -0.4 is 0 Å². The number of nitrogens with zero attached hydrogens (tertiary/aromatic N) is 2. The molecule has 1 aliphatic heterocycles. The maximum Gasteiger partial charge on any atom is 0.101 e. The molecule has 0 aromatic rings. The van der Waals surface area contributed by atoms with Gasteiger partial charge in [0.1, 0.15) is 6.17 Å². The predicted octanol–water partition coefficient (Wildman–Crippen LogP) is 10.0. The lowest BCUT2D eigenvalue weighted by Gasteiger charge is -2.33. The summed E-state index contributed by atoms with van der Waals surface area (Å²) in [5.41, 5.74) is 0. The minimum atomic E-state index is 0.644. The normalized spacial score (nSPS) is 14.2. The molecule has 0 fully saturated rings. The second-order valence-electron chi connectivity index (χ2n) is 10.4. The third kappa shape index (κ3) is 15.2. The zero-order valence-corrected chi connectivity index (χ0v) is 22.6. The van der Waals surface area contributed by atoms with E-state index in [-0.39, 0.29) is 0 Å². The van der Waals surface area contributed by atoms with Gasteiger partial charge in [0, 0.05) is 25.5 Å². The second-order valence-corrected chi connectivity index (χ2v) is 10.4. The first-order chi connectivity index (χ1) is 15.8. The van der Waals surface area contributed by atoms with Crippen LogP contribution in [0.5, 0.6) is 0 Å². The van der Waals surface area contributed by atoms with Gasteiger partial charge < -0.3 is 9.80 Å². The third-order valence-electron chi connectivity index (χ3n) is 7.32. The van der Waals surface area contributed by atoms with E-state index < -0.39 is 0 Å². The van der Waals surface area contributed by atoms with Gasteiger partial charge in [-0.05, 0) is 25.7 Å². The molecule has 0 N–H and O–H groups in total. The minimum absolute atomic E-state index is 0.644. The summed E-state index contributed by atoms with van der Waals surface area (Å²) in [6, 6.07) is 0. The molecule has 2 nitrogen and oxygen atoms in total. The van der Waals surface area contributed by atoms with Gasteiger partial charge in [0.2, 0.25) is 0 Å². The monoisotopic (exact) mass is 448 g/mol. The van der Waals surface area contributed by atoms with Crippen molar-refractivity contribution in [2.45, 2.75) is 168 Å². The molecule has 0 bridgehead atoms. The zero-order chi connectivity index (χ0) is 23.1. The van der Waals surface area contributed by atoms with Crippen LogP contribution >= 0.6 is 0 Å². The fourth-order valence-electron chi connectivity index (χ4n) is 5.13. The van der Waals surface area contributed by atoms with Crippen LogP contribution in [0.3, 0.4) is 0 Å². The molecule has 0 atom stereocenters. The van der Waals surface area contributed by atoms with Crippen LogP contribution in [-0.2, 0) is 0 Å². The largest absolute Gasteiger partial charge is 0.356 e. The maximum absolute atomic E-state index is 2.68. The molecule has 32 heavy (non-hydrogen) atoms. The summed E-state index contributed by atoms with van der Waals surface area (Å²) in [6.07, 6.45) is 36.5. The summed E-state index contributed by atoms with van der Waals surface area (Å²) >= 11 is 0. The molecule has 2 heteroatoms. The van der Waals surface area contributed by atoms with Gasteiger partial charge in [0.05, 0.1) is 0 Å². The van der Waals surface area contributed by atoms with Crippen LogP contribution in [-0.4, -0.2) is 29.1 Å². The molecule has 0 radical (unpaired) electrons. The fourth-order valence-corrected chi connectivity index (χ4v) is 5.13. The van der Waals surface area contributed by atoms with E-state index in [2.05, 4.69) is 43.0 Å².